The number of amides is 1. The van der Waals surface area contributed by atoms with Crippen LogP contribution in [0.15, 0.2) is 35.4 Å². The topological polar surface area (TPSA) is 92.6 Å². The molecule has 170 valence electrons. The number of piperazine rings is 1. The van der Waals surface area contributed by atoms with E-state index in [9.17, 15) is 9.59 Å². The molecule has 0 saturated carbocycles. The molecule has 1 atom stereocenters. The number of aromatic nitrogens is 3. The van der Waals surface area contributed by atoms with Gasteiger partial charge < -0.3 is 19.9 Å². The van der Waals surface area contributed by atoms with E-state index in [2.05, 4.69) is 32.0 Å². The summed E-state index contributed by atoms with van der Waals surface area (Å²) in [7, 11) is 1.61. The number of nitrogens with zero attached hydrogens (tertiary/aromatic N) is 5. The summed E-state index contributed by atoms with van der Waals surface area (Å²) in [6.07, 6.45) is 1.40. The van der Waals surface area contributed by atoms with E-state index in [1.165, 1.54) is 22.2 Å². The molecule has 32 heavy (non-hydrogen) atoms. The molecular weight excluding hydrogens is 428 g/mol. The number of likely N-dealkylation sites (N-methyl/N-ethyl adjacent to an activating group) is 1. The molecule has 0 aliphatic carbocycles. The minimum absolute atomic E-state index is 0.0987. The van der Waals surface area contributed by atoms with Crippen LogP contribution in [0.1, 0.15) is 25.5 Å². The maximum absolute atomic E-state index is 13.0. The number of fused-ring (bicyclic) bond motifs is 1. The molecule has 0 unspecified atom stereocenters. The van der Waals surface area contributed by atoms with Crippen LogP contribution in [0, 0.1) is 0 Å². The maximum Gasteiger partial charge on any atom is 0.273 e. The van der Waals surface area contributed by atoms with Gasteiger partial charge in [-0.25, -0.2) is 4.98 Å². The van der Waals surface area contributed by atoms with Gasteiger partial charge in [-0.3, -0.25) is 14.2 Å². The first-order chi connectivity index (χ1) is 15.5. The predicted octanol–water partition coefficient (Wildman–Crippen LogP) is 1.88. The molecule has 0 radical (unpaired) electrons. The molecule has 1 saturated heterocycles. The summed E-state index contributed by atoms with van der Waals surface area (Å²) in [6, 6.07) is 7.31. The number of anilines is 1. The van der Waals surface area contributed by atoms with E-state index in [1.807, 2.05) is 31.2 Å². The summed E-state index contributed by atoms with van der Waals surface area (Å²) in [4.78, 5) is 39.0. The number of nitrogens with one attached hydrogen (secondary N) is 1. The van der Waals surface area contributed by atoms with Crippen LogP contribution in [-0.2, 0) is 11.3 Å². The van der Waals surface area contributed by atoms with Gasteiger partial charge in [-0.05, 0) is 31.2 Å². The van der Waals surface area contributed by atoms with Gasteiger partial charge in [0, 0.05) is 26.2 Å². The van der Waals surface area contributed by atoms with Gasteiger partial charge in [-0.2, -0.15) is 4.98 Å². The van der Waals surface area contributed by atoms with Crippen LogP contribution < -0.4 is 20.5 Å². The Morgan fingerprint density at radius 1 is 1.28 bits per heavy atom. The van der Waals surface area contributed by atoms with Crippen LogP contribution in [0.2, 0.25) is 0 Å². The fourth-order valence-corrected chi connectivity index (χ4v) is 4.80. The van der Waals surface area contributed by atoms with Gasteiger partial charge in [0.1, 0.15) is 23.3 Å². The van der Waals surface area contributed by atoms with Crippen molar-refractivity contribution in [2.75, 3.05) is 44.7 Å². The minimum atomic E-state index is -0.260. The first-order valence-electron chi connectivity index (χ1n) is 10.7. The summed E-state index contributed by atoms with van der Waals surface area (Å²) < 4.78 is 7.06. The zero-order chi connectivity index (χ0) is 22.7. The van der Waals surface area contributed by atoms with E-state index in [1.54, 1.807) is 7.11 Å². The molecule has 3 heterocycles. The number of carbonyl (C=O) groups excluding carboxylic acids is 1. The van der Waals surface area contributed by atoms with Gasteiger partial charge in [0.25, 0.3) is 5.56 Å². The number of carbonyl (C=O) groups is 1. The number of rotatable bonds is 7. The van der Waals surface area contributed by atoms with Gasteiger partial charge in [-0.1, -0.05) is 30.4 Å². The van der Waals surface area contributed by atoms with Crippen LogP contribution in [0.25, 0.3) is 10.3 Å². The Kier molecular flexibility index (Phi) is 6.71. The summed E-state index contributed by atoms with van der Waals surface area (Å²) >= 11 is 1.35. The van der Waals surface area contributed by atoms with Crippen molar-refractivity contribution in [2.45, 2.75) is 26.4 Å². The van der Waals surface area contributed by atoms with Gasteiger partial charge >= 0.3 is 0 Å². The van der Waals surface area contributed by atoms with Crippen molar-refractivity contribution in [3.8, 4) is 5.75 Å². The normalized spacial score (nSPS) is 15.7. The Bertz CT molecular complexity index is 1150. The zero-order valence-corrected chi connectivity index (χ0v) is 19.4. The Labute approximate surface area is 190 Å². The fraction of sp³-hybridized carbons (Fsp3) is 0.455. The molecule has 1 aromatic carbocycles. The van der Waals surface area contributed by atoms with Crippen molar-refractivity contribution in [1.82, 2.24) is 24.8 Å². The second-order valence-electron chi connectivity index (χ2n) is 7.81. The Hall–Kier alpha value is -2.98. The highest BCUT2D eigenvalue weighted by Gasteiger charge is 2.21. The summed E-state index contributed by atoms with van der Waals surface area (Å²) in [5.41, 5.74) is 1.12. The monoisotopic (exact) mass is 456 g/mol. The Balaban J connectivity index is 1.45. The highest BCUT2D eigenvalue weighted by Crippen LogP contribution is 2.26. The molecule has 1 N–H and O–H groups in total. The maximum atomic E-state index is 13.0. The number of hydrogen-bond donors (Lipinski definition) is 1. The summed E-state index contributed by atoms with van der Waals surface area (Å²) in [5.74, 6) is 0.468. The van der Waals surface area contributed by atoms with Gasteiger partial charge in [0.2, 0.25) is 5.91 Å². The van der Waals surface area contributed by atoms with Crippen LogP contribution >= 0.6 is 11.3 Å². The van der Waals surface area contributed by atoms with Crippen LogP contribution in [0.3, 0.4) is 0 Å². The highest BCUT2D eigenvalue weighted by atomic mass is 32.1. The van der Waals surface area contributed by atoms with Crippen LogP contribution in [0.5, 0.6) is 5.75 Å². The molecule has 4 rings (SSSR count). The molecule has 2 aromatic heterocycles. The second kappa shape index (κ2) is 9.66. The summed E-state index contributed by atoms with van der Waals surface area (Å²) in [5, 5.41) is 3.74. The van der Waals surface area contributed by atoms with E-state index >= 15 is 0 Å². The lowest BCUT2D eigenvalue weighted by atomic mass is 10.1. The molecule has 0 spiro atoms. The van der Waals surface area contributed by atoms with Gasteiger partial charge in [0.15, 0.2) is 10.8 Å². The van der Waals surface area contributed by atoms with Crippen molar-refractivity contribution in [2.24, 2.45) is 0 Å². The third-order valence-electron chi connectivity index (χ3n) is 5.75. The zero-order valence-electron chi connectivity index (χ0n) is 18.6. The van der Waals surface area contributed by atoms with Crippen LogP contribution in [0.4, 0.5) is 5.13 Å². The molecule has 9 nitrogen and oxygen atoms in total. The smallest absolute Gasteiger partial charge is 0.273 e. The predicted molar refractivity (Wildman–Crippen MR) is 126 cm³/mol. The first-order valence-corrected chi connectivity index (χ1v) is 11.6. The molecule has 3 aromatic rings. The third kappa shape index (κ3) is 4.76. The van der Waals surface area contributed by atoms with Gasteiger partial charge in [-0.15, -0.1) is 0 Å². The lowest BCUT2D eigenvalue weighted by molar-refractivity contribution is -0.122. The van der Waals surface area contributed by atoms with Crippen molar-refractivity contribution < 1.29 is 9.53 Å². The SMILES string of the molecule is CCN1CCN(c2nc3ncn(CC(=O)N[C@@H](C)c4cccc(OC)c4)c(=O)c3s2)CC1. The molecule has 1 fully saturated rings. The Morgan fingerprint density at radius 3 is 2.78 bits per heavy atom. The standard InChI is InChI=1S/C22H28N6O3S/c1-4-26-8-10-27(11-9-26)22-25-20-19(32-22)21(30)28(14-23-20)13-18(29)24-15(2)16-6-5-7-17(12-16)31-3/h5-7,12,14-15H,4,8-11,13H2,1-3H3,(H,24,29)/t15-/m0/s1. The van der Waals surface area contributed by atoms with Gasteiger partial charge in [0.05, 0.1) is 13.2 Å². The largest absolute Gasteiger partial charge is 0.497 e. The quantitative estimate of drug-likeness (QED) is 0.580. The molecule has 1 aliphatic heterocycles. The second-order valence-corrected chi connectivity index (χ2v) is 8.79. The van der Waals surface area contributed by atoms with E-state index in [-0.39, 0.29) is 24.1 Å². The lowest BCUT2D eigenvalue weighted by Crippen LogP contribution is -2.46. The van der Waals surface area contributed by atoms with Crippen molar-refractivity contribution >= 4 is 32.7 Å². The molecular formula is C22H28N6O3S. The number of methoxy groups -OCH3 is 1. The number of thiazole rings is 1. The van der Waals surface area contributed by atoms with Crippen molar-refractivity contribution in [3.05, 3.63) is 46.5 Å². The third-order valence-corrected chi connectivity index (χ3v) is 6.84. The van der Waals surface area contributed by atoms with Crippen molar-refractivity contribution in [1.29, 1.82) is 0 Å². The summed E-state index contributed by atoms with van der Waals surface area (Å²) in [6.45, 7) is 8.72. The molecule has 10 heteroatoms. The molecule has 1 amide bonds. The fourth-order valence-electron chi connectivity index (χ4n) is 3.77. The molecule has 1 aliphatic rings. The van der Waals surface area contributed by atoms with E-state index < -0.39 is 0 Å². The lowest BCUT2D eigenvalue weighted by Gasteiger charge is -2.33. The minimum Gasteiger partial charge on any atom is -0.497 e. The van der Waals surface area contributed by atoms with Crippen LogP contribution in [-0.4, -0.2) is 65.2 Å². The van der Waals surface area contributed by atoms with E-state index in [4.69, 9.17) is 4.74 Å². The first kappa shape index (κ1) is 22.2. The number of benzene rings is 1. The number of ether oxygens (including phenoxy) is 1. The average Bonchev–Trinajstić information content (AvgIpc) is 3.26. The highest BCUT2D eigenvalue weighted by molar-refractivity contribution is 7.22. The average molecular weight is 457 g/mol. The molecule has 0 bridgehead atoms. The number of hydrogen-bond acceptors (Lipinski definition) is 8. The van der Waals surface area contributed by atoms with E-state index in [0.717, 1.165) is 49.2 Å². The Morgan fingerprint density at radius 2 is 2.06 bits per heavy atom. The van der Waals surface area contributed by atoms with E-state index in [0.29, 0.717) is 10.3 Å². The van der Waals surface area contributed by atoms with Crippen molar-refractivity contribution in [3.63, 3.8) is 0 Å².